The zero-order valence-electron chi connectivity index (χ0n) is 20.7. The van der Waals surface area contributed by atoms with Crippen molar-refractivity contribution in [3.05, 3.63) is 127 Å². The quantitative estimate of drug-likeness (QED) is 0.234. The lowest BCUT2D eigenvalue weighted by molar-refractivity contribution is 0.415. The van der Waals surface area contributed by atoms with Gasteiger partial charge in [0.25, 0.3) is 10.0 Å². The van der Waals surface area contributed by atoms with Crippen LogP contribution >= 0.6 is 0 Å². The van der Waals surface area contributed by atoms with Crippen molar-refractivity contribution in [2.45, 2.75) is 4.90 Å². The molecule has 4 aromatic carbocycles. The van der Waals surface area contributed by atoms with Gasteiger partial charge in [-0.3, -0.25) is 0 Å². The van der Waals surface area contributed by atoms with Gasteiger partial charge < -0.3 is 4.74 Å². The molecule has 0 amide bonds. The molecule has 0 aliphatic rings. The number of rotatable bonds is 6. The van der Waals surface area contributed by atoms with Gasteiger partial charge in [-0.2, -0.15) is 0 Å². The van der Waals surface area contributed by atoms with Crippen LogP contribution in [0.2, 0.25) is 0 Å². The average molecular weight is 517 g/mol. The third-order valence-electron chi connectivity index (χ3n) is 6.60. The van der Waals surface area contributed by atoms with E-state index in [-0.39, 0.29) is 4.90 Å². The third kappa shape index (κ3) is 4.15. The Morgan fingerprint density at radius 2 is 1.45 bits per heavy atom. The van der Waals surface area contributed by atoms with E-state index in [2.05, 4.69) is 4.98 Å². The van der Waals surface area contributed by atoms with Crippen molar-refractivity contribution in [3.63, 3.8) is 0 Å². The highest BCUT2D eigenvalue weighted by molar-refractivity contribution is 7.90. The number of fused-ring (bicyclic) bond motifs is 3. The van der Waals surface area contributed by atoms with Gasteiger partial charge in [-0.1, -0.05) is 78.9 Å². The van der Waals surface area contributed by atoms with E-state index in [1.165, 1.54) is 3.97 Å². The van der Waals surface area contributed by atoms with Crippen molar-refractivity contribution >= 4 is 44.1 Å². The highest BCUT2D eigenvalue weighted by Crippen LogP contribution is 2.37. The lowest BCUT2D eigenvalue weighted by atomic mass is 10.0. The molecule has 6 rings (SSSR count). The van der Waals surface area contributed by atoms with Gasteiger partial charge in [0, 0.05) is 17.0 Å². The van der Waals surface area contributed by atoms with Gasteiger partial charge >= 0.3 is 0 Å². The number of aromatic nitrogens is 2. The molecule has 6 aromatic rings. The van der Waals surface area contributed by atoms with E-state index in [0.29, 0.717) is 11.2 Å². The summed E-state index contributed by atoms with van der Waals surface area (Å²) in [6.07, 6.45) is 5.70. The normalized spacial score (nSPS) is 11.9. The molecule has 0 saturated heterocycles. The minimum atomic E-state index is -3.91. The maximum atomic E-state index is 13.9. The van der Waals surface area contributed by atoms with Gasteiger partial charge in [0.2, 0.25) is 0 Å². The fourth-order valence-electron chi connectivity index (χ4n) is 4.72. The summed E-state index contributed by atoms with van der Waals surface area (Å²) in [6, 6.07) is 34.1. The average Bonchev–Trinajstić information content (AvgIpc) is 3.32. The van der Waals surface area contributed by atoms with E-state index in [0.717, 1.165) is 38.8 Å². The molecule has 0 aliphatic heterocycles. The molecule has 0 aliphatic carbocycles. The van der Waals surface area contributed by atoms with Gasteiger partial charge in [-0.15, -0.1) is 0 Å². The van der Waals surface area contributed by atoms with Crippen molar-refractivity contribution in [3.8, 4) is 16.9 Å². The monoisotopic (exact) mass is 516 g/mol. The molecule has 0 spiro atoms. The summed E-state index contributed by atoms with van der Waals surface area (Å²) in [5, 5.41) is 1.60. The van der Waals surface area contributed by atoms with Gasteiger partial charge in [-0.25, -0.2) is 17.4 Å². The molecule has 38 heavy (non-hydrogen) atoms. The van der Waals surface area contributed by atoms with Gasteiger partial charge in [0.05, 0.1) is 17.5 Å². The zero-order chi connectivity index (χ0) is 26.1. The molecule has 0 unspecified atom stereocenters. The number of benzene rings is 4. The van der Waals surface area contributed by atoms with Gasteiger partial charge in [-0.05, 0) is 64.7 Å². The van der Waals surface area contributed by atoms with Crippen LogP contribution in [0.15, 0.2) is 120 Å². The second-order valence-corrected chi connectivity index (χ2v) is 10.7. The Labute approximate surface area is 221 Å². The first-order chi connectivity index (χ1) is 18.6. The number of ether oxygens (including phenoxy) is 1. The fraction of sp³-hybridized carbons (Fsp3) is 0.0312. The minimum Gasteiger partial charge on any atom is -0.497 e. The van der Waals surface area contributed by atoms with Crippen molar-refractivity contribution in [2.75, 3.05) is 7.11 Å². The Bertz CT molecular complexity index is 1890. The van der Waals surface area contributed by atoms with Crippen LogP contribution < -0.4 is 4.74 Å². The number of hydrogen-bond donors (Lipinski definition) is 0. The maximum absolute atomic E-state index is 13.9. The Hall–Kier alpha value is -4.68. The van der Waals surface area contributed by atoms with Crippen LogP contribution in [0, 0.1) is 0 Å². The van der Waals surface area contributed by atoms with E-state index in [4.69, 9.17) is 4.74 Å². The van der Waals surface area contributed by atoms with Crippen LogP contribution in [-0.2, 0) is 10.0 Å². The number of pyridine rings is 1. The SMILES string of the molecule is COc1ccc(-c2ccc3c(c2)c2c(/C=C/c4ccccc4)ccnc2n3S(=O)(=O)c2ccccc2)cc1. The molecule has 0 fully saturated rings. The Kier molecular flexibility index (Phi) is 6.02. The molecule has 6 heteroatoms. The van der Waals surface area contributed by atoms with E-state index in [1.807, 2.05) is 91.0 Å². The van der Waals surface area contributed by atoms with Crippen LogP contribution in [0.25, 0.3) is 45.2 Å². The highest BCUT2D eigenvalue weighted by atomic mass is 32.2. The van der Waals surface area contributed by atoms with Crippen molar-refractivity contribution in [1.82, 2.24) is 8.96 Å². The van der Waals surface area contributed by atoms with Crippen LogP contribution in [0.1, 0.15) is 11.1 Å². The van der Waals surface area contributed by atoms with Crippen molar-refractivity contribution in [2.24, 2.45) is 0 Å². The molecule has 0 bridgehead atoms. The molecule has 0 atom stereocenters. The summed E-state index contributed by atoms with van der Waals surface area (Å²) in [5.41, 5.74) is 4.89. The van der Waals surface area contributed by atoms with E-state index >= 15 is 0 Å². The molecule has 2 heterocycles. The molecule has 0 N–H and O–H groups in total. The van der Waals surface area contributed by atoms with E-state index in [1.54, 1.807) is 43.6 Å². The van der Waals surface area contributed by atoms with Crippen molar-refractivity contribution in [1.29, 1.82) is 0 Å². The standard InChI is InChI=1S/C32H24N2O3S/c1-37-27-17-14-24(15-18-27)26-16-19-30-29(22-26)31-25(13-12-23-8-4-2-5-9-23)20-21-33-32(31)34(30)38(35,36)28-10-6-3-7-11-28/h2-22H,1H3/b13-12+. The molecule has 2 aromatic heterocycles. The highest BCUT2D eigenvalue weighted by Gasteiger charge is 2.25. The molecule has 0 saturated carbocycles. The number of hydrogen-bond acceptors (Lipinski definition) is 4. The molecule has 5 nitrogen and oxygen atoms in total. The molecular weight excluding hydrogens is 492 g/mol. The van der Waals surface area contributed by atoms with Crippen LogP contribution in [0.4, 0.5) is 0 Å². The summed E-state index contributed by atoms with van der Waals surface area (Å²) in [7, 11) is -2.27. The molecular formula is C32H24N2O3S. The Morgan fingerprint density at radius 3 is 2.16 bits per heavy atom. The first-order valence-corrected chi connectivity index (χ1v) is 13.6. The lowest BCUT2D eigenvalue weighted by Gasteiger charge is -2.09. The van der Waals surface area contributed by atoms with Crippen LogP contribution in [0.5, 0.6) is 5.75 Å². The van der Waals surface area contributed by atoms with E-state index < -0.39 is 10.0 Å². The predicted octanol–water partition coefficient (Wildman–Crippen LogP) is 7.27. The first kappa shape index (κ1) is 23.7. The zero-order valence-corrected chi connectivity index (χ0v) is 21.5. The smallest absolute Gasteiger partial charge is 0.269 e. The lowest BCUT2D eigenvalue weighted by Crippen LogP contribution is -2.13. The van der Waals surface area contributed by atoms with E-state index in [9.17, 15) is 8.42 Å². The molecule has 186 valence electrons. The molecule has 0 radical (unpaired) electrons. The Morgan fingerprint density at radius 1 is 0.763 bits per heavy atom. The third-order valence-corrected chi connectivity index (χ3v) is 8.32. The summed E-state index contributed by atoms with van der Waals surface area (Å²) in [6.45, 7) is 0. The minimum absolute atomic E-state index is 0.213. The summed E-state index contributed by atoms with van der Waals surface area (Å²) < 4.78 is 34.5. The van der Waals surface area contributed by atoms with Crippen LogP contribution in [0.3, 0.4) is 0 Å². The Balaban J connectivity index is 1.63. The van der Waals surface area contributed by atoms with Crippen molar-refractivity contribution < 1.29 is 13.2 Å². The fourth-order valence-corrected chi connectivity index (χ4v) is 6.21. The summed E-state index contributed by atoms with van der Waals surface area (Å²) >= 11 is 0. The largest absolute Gasteiger partial charge is 0.497 e. The summed E-state index contributed by atoms with van der Waals surface area (Å²) in [4.78, 5) is 4.80. The topological polar surface area (TPSA) is 61.2 Å². The summed E-state index contributed by atoms with van der Waals surface area (Å²) in [5.74, 6) is 0.776. The second kappa shape index (κ2) is 9.65. The van der Waals surface area contributed by atoms with Crippen LogP contribution in [-0.4, -0.2) is 24.5 Å². The predicted molar refractivity (Wildman–Crippen MR) is 154 cm³/mol. The second-order valence-electron chi connectivity index (χ2n) is 8.89. The van der Waals surface area contributed by atoms with Gasteiger partial charge in [0.1, 0.15) is 5.75 Å². The maximum Gasteiger partial charge on any atom is 0.269 e. The first-order valence-electron chi connectivity index (χ1n) is 12.2. The number of nitrogens with zero attached hydrogens (tertiary/aromatic N) is 2. The van der Waals surface area contributed by atoms with Gasteiger partial charge in [0.15, 0.2) is 5.65 Å². The number of methoxy groups -OCH3 is 1.